The number of rotatable bonds is 21. The number of aryl methyl sites for hydroxylation is 1. The number of aliphatic hydroxyl groups excluding tert-OH is 8. The fourth-order valence-corrected chi connectivity index (χ4v) is 18.5. The van der Waals surface area contributed by atoms with Crippen LogP contribution in [0, 0.1) is 6.92 Å². The van der Waals surface area contributed by atoms with Crippen LogP contribution in [-0.2, 0) is 24.7 Å². The van der Waals surface area contributed by atoms with E-state index in [-0.39, 0.29) is 55.0 Å². The van der Waals surface area contributed by atoms with Gasteiger partial charge in [0.25, 0.3) is 0 Å². The van der Waals surface area contributed by atoms with Crippen LogP contribution in [0.25, 0.3) is 44.7 Å². The minimum atomic E-state index is -0.731. The zero-order chi connectivity index (χ0) is 71.0. The van der Waals surface area contributed by atoms with Gasteiger partial charge < -0.3 is 82.7 Å². The Morgan fingerprint density at radius 3 is 1.08 bits per heavy atom. The van der Waals surface area contributed by atoms with Gasteiger partial charge in [-0.05, 0) is 62.1 Å². The smallest absolute Gasteiger partial charge is 0.223 e. The monoisotopic (exact) mass is 1520 g/mol. The number of nitrogen functional groups attached to an aromatic ring is 4. The van der Waals surface area contributed by atoms with Gasteiger partial charge in [0, 0.05) is 46.7 Å². The Kier molecular flexibility index (Phi) is 26.7. The molecule has 4 saturated heterocycles. The number of nitrogens with zero attached hydrogens (tertiary/aromatic N) is 16. The van der Waals surface area contributed by atoms with Crippen LogP contribution in [0.3, 0.4) is 0 Å². The summed E-state index contributed by atoms with van der Waals surface area (Å²) in [6, 6.07) is 8.42. The number of hydrogen-bond acceptors (Lipinski definition) is 36. The first-order valence-electron chi connectivity index (χ1n) is 31.5. The van der Waals surface area contributed by atoms with Gasteiger partial charge in [0.2, 0.25) is 23.8 Å². The molecule has 0 spiro atoms. The van der Waals surface area contributed by atoms with E-state index in [0.717, 1.165) is 17.2 Å². The first-order valence-corrected chi connectivity index (χ1v) is 40.4. The number of hydrogen-bond donors (Lipinski definition) is 12. The van der Waals surface area contributed by atoms with Crippen LogP contribution in [-0.4, -0.2) is 209 Å². The lowest BCUT2D eigenvalue weighted by Gasteiger charge is -2.16. The Morgan fingerprint density at radius 2 is 0.788 bits per heavy atom. The highest BCUT2D eigenvalue weighted by atomic mass is 33.1. The van der Waals surface area contributed by atoms with E-state index in [2.05, 4.69) is 139 Å². The molecule has 538 valence electrons. The van der Waals surface area contributed by atoms with E-state index in [1.54, 1.807) is 86.8 Å². The highest BCUT2D eigenvalue weighted by molar-refractivity contribution is 8.77. The quantitative estimate of drug-likeness (QED) is 0.0264. The van der Waals surface area contributed by atoms with Crippen molar-refractivity contribution in [3.05, 3.63) is 60.7 Å². The SMILES string of the molecule is CC(C)(C)SSc1nc(N)nc2c1ncn2C1C[C@H](O)[C@@H](CO)O1.CC(C)SSc1nc(N)nc2c1ncn2C1C[C@H](O)[C@@H](CO)O1.CCC(C)SSc1nc(N)nc2c1ncn2C1C[C@H](O)[C@@H](CO)O1.Cc1ccc(CSSc2nc(N)nc3c2ncn3C2C[C@H](O)[C@@H](CO)O2)cc1. The summed E-state index contributed by atoms with van der Waals surface area (Å²) in [6.07, 6.45) is 1.92. The molecule has 12 heterocycles. The second kappa shape index (κ2) is 34.5. The van der Waals surface area contributed by atoms with E-state index < -0.39 is 73.7 Å². The van der Waals surface area contributed by atoms with E-state index in [1.807, 2.05) is 0 Å². The van der Waals surface area contributed by atoms with Gasteiger partial charge in [-0.15, -0.1) is 0 Å². The Balaban J connectivity index is 0.000000143. The molecule has 0 aliphatic carbocycles. The molecule has 40 heteroatoms. The molecule has 13 atom stereocenters. The van der Waals surface area contributed by atoms with E-state index >= 15 is 0 Å². The van der Waals surface area contributed by atoms with Gasteiger partial charge in [0.1, 0.15) is 91.5 Å². The molecule has 1 aromatic carbocycles. The Morgan fingerprint density at radius 1 is 0.475 bits per heavy atom. The maximum Gasteiger partial charge on any atom is 0.223 e. The third kappa shape index (κ3) is 19.0. The number of benzene rings is 1. The van der Waals surface area contributed by atoms with Crippen LogP contribution < -0.4 is 22.9 Å². The van der Waals surface area contributed by atoms with Crippen molar-refractivity contribution in [3.8, 4) is 0 Å². The van der Waals surface area contributed by atoms with Crippen molar-refractivity contribution in [2.24, 2.45) is 0 Å². The summed E-state index contributed by atoms with van der Waals surface area (Å²) in [7, 11) is 12.8. The largest absolute Gasteiger partial charge is 0.394 e. The summed E-state index contributed by atoms with van der Waals surface area (Å²) >= 11 is 0. The average molecular weight is 1520 g/mol. The average Bonchev–Trinajstić information content (AvgIpc) is 1.66. The molecule has 0 saturated carbocycles. The number of fused-ring (bicyclic) bond motifs is 4. The predicted octanol–water partition coefficient (Wildman–Crippen LogP) is 6.67. The van der Waals surface area contributed by atoms with Crippen LogP contribution in [0.2, 0.25) is 0 Å². The fourth-order valence-electron chi connectivity index (χ4n) is 10.2. The summed E-state index contributed by atoms with van der Waals surface area (Å²) in [5.74, 6) is 1.49. The molecule has 13 rings (SSSR count). The van der Waals surface area contributed by atoms with E-state index in [4.69, 9.17) is 41.9 Å². The zero-order valence-electron chi connectivity index (χ0n) is 55.2. The molecule has 9 aromatic rings. The van der Waals surface area contributed by atoms with Crippen molar-refractivity contribution < 1.29 is 59.8 Å². The minimum Gasteiger partial charge on any atom is -0.394 e. The molecule has 4 fully saturated rings. The summed E-state index contributed by atoms with van der Waals surface area (Å²) in [4.78, 5) is 52.0. The van der Waals surface area contributed by atoms with Gasteiger partial charge in [-0.3, -0.25) is 18.3 Å². The van der Waals surface area contributed by atoms with Gasteiger partial charge in [0.15, 0.2) is 22.6 Å². The number of imidazole rings is 4. The van der Waals surface area contributed by atoms with Crippen molar-refractivity contribution in [1.29, 1.82) is 0 Å². The highest BCUT2D eigenvalue weighted by Gasteiger charge is 2.39. The minimum absolute atomic E-state index is 0.0618. The standard InChI is InChI=1S/C18H21N5O3S2.2C14H21N5O3S2.C13H19N5O3S2/c1-10-2-4-11(5-3-10)8-27-28-17-15-16(21-18(19)22-17)23(9-20-15)14-6-12(25)13(7-24)26-14;1-14(2,3)24-23-12-10-11(17-13(15)18-12)19(6-16-10)9-4-7(21)8(5-20)22-9;1-3-7(2)23-24-13-11-12(17-14(15)18-13)19(6-16-11)10-4-8(21)9(5-20)22-10;1-6(2)22-23-12-10-11(16-13(14)17-12)18(5-15-10)9-3-7(20)8(4-19)21-9/h2-5,9,12-14,24-25H,6-8H2,1H3,(H2,19,21,22);6-9,20-21H,4-5H2,1-3H3,(H2,15,17,18);6-10,20-21H,3-5H2,1-2H3,(H2,15,17,18);5-9,19-20H,3-4H2,1-2H3,(H2,14,16,17)/t12-,13+,14?;7-,8+,9?;7?,8-,9+,10?;7-,8+,9?/m0000/s1. The lowest BCUT2D eigenvalue weighted by atomic mass is 10.2. The molecular formula is C59H82N20O12S8. The highest BCUT2D eigenvalue weighted by Crippen LogP contribution is 2.45. The van der Waals surface area contributed by atoms with Crippen molar-refractivity contribution in [2.75, 3.05) is 49.4 Å². The number of ether oxygens (including phenoxy) is 4. The lowest BCUT2D eigenvalue weighted by molar-refractivity contribution is -0.0432. The predicted molar refractivity (Wildman–Crippen MR) is 389 cm³/mol. The normalized spacial score (nSPS) is 24.2. The second-order valence-corrected chi connectivity index (χ2v) is 35.2. The molecule has 4 aliphatic heterocycles. The van der Waals surface area contributed by atoms with Crippen LogP contribution in [0.4, 0.5) is 23.8 Å². The third-order valence-corrected chi connectivity index (χ3v) is 26.7. The van der Waals surface area contributed by atoms with Crippen molar-refractivity contribution in [2.45, 2.75) is 202 Å². The first kappa shape index (κ1) is 76.6. The van der Waals surface area contributed by atoms with Crippen LogP contribution in [0.15, 0.2) is 69.7 Å². The van der Waals surface area contributed by atoms with Crippen molar-refractivity contribution in [3.63, 3.8) is 0 Å². The zero-order valence-corrected chi connectivity index (χ0v) is 61.7. The molecular weight excluding hydrogens is 1440 g/mol. The number of nitrogens with two attached hydrogens (primary N) is 4. The van der Waals surface area contributed by atoms with E-state index in [9.17, 15) is 40.9 Å². The third-order valence-electron chi connectivity index (χ3n) is 15.4. The topological polar surface area (TPSA) is 477 Å². The van der Waals surface area contributed by atoms with E-state index in [1.165, 1.54) is 54.3 Å². The number of anilines is 4. The Hall–Kier alpha value is -5.06. The Bertz CT molecular complexity index is 4140. The maximum absolute atomic E-state index is 10.00. The van der Waals surface area contributed by atoms with Gasteiger partial charge in [-0.25, -0.2) is 39.9 Å². The molecule has 32 nitrogen and oxygen atoms in total. The summed E-state index contributed by atoms with van der Waals surface area (Å²) in [5, 5.41) is 80.5. The summed E-state index contributed by atoms with van der Waals surface area (Å²) in [5.41, 5.74) is 30.8. The molecule has 5 unspecified atom stereocenters. The first-order chi connectivity index (χ1) is 47.3. The van der Waals surface area contributed by atoms with Crippen LogP contribution in [0.5, 0.6) is 0 Å². The van der Waals surface area contributed by atoms with Crippen molar-refractivity contribution >= 4 is 155 Å². The van der Waals surface area contributed by atoms with Gasteiger partial charge in [-0.1, -0.05) is 121 Å². The molecule has 0 radical (unpaired) electrons. The maximum atomic E-state index is 10.00. The molecule has 99 heavy (non-hydrogen) atoms. The number of aromatic nitrogens is 16. The molecule has 8 aromatic heterocycles. The number of aliphatic hydroxyl groups is 8. The Labute approximate surface area is 600 Å². The van der Waals surface area contributed by atoms with E-state index in [0.29, 0.717) is 95.9 Å². The molecule has 0 amide bonds. The second-order valence-electron chi connectivity index (χ2n) is 24.5. The van der Waals surface area contributed by atoms with Gasteiger partial charge >= 0.3 is 0 Å². The van der Waals surface area contributed by atoms with Gasteiger partial charge in [-0.2, -0.15) is 19.9 Å². The molecule has 16 N–H and O–H groups in total. The molecule has 4 aliphatic rings. The van der Waals surface area contributed by atoms with Gasteiger partial charge in [0.05, 0.1) is 76.2 Å². The fraction of sp³-hybridized carbons (Fsp3) is 0.559. The lowest BCUT2D eigenvalue weighted by Crippen LogP contribution is -2.24. The summed E-state index contributed by atoms with van der Waals surface area (Å²) < 4.78 is 29.7. The van der Waals surface area contributed by atoms with Crippen LogP contribution >= 0.6 is 86.4 Å². The van der Waals surface area contributed by atoms with Crippen molar-refractivity contribution in [1.82, 2.24) is 78.1 Å². The molecule has 0 bridgehead atoms. The van der Waals surface area contributed by atoms with Crippen LogP contribution in [0.1, 0.15) is 117 Å². The summed E-state index contributed by atoms with van der Waals surface area (Å²) in [6.45, 7) is 16.0.